The van der Waals surface area contributed by atoms with Gasteiger partial charge in [-0.15, -0.1) is 22.8 Å². The molecule has 180 valence electrons. The van der Waals surface area contributed by atoms with Gasteiger partial charge in [0.2, 0.25) is 0 Å². The van der Waals surface area contributed by atoms with E-state index in [0.717, 1.165) is 39.2 Å². The predicted molar refractivity (Wildman–Crippen MR) is 136 cm³/mol. The summed E-state index contributed by atoms with van der Waals surface area (Å²) < 4.78 is 6.67. The second-order valence-electron chi connectivity index (χ2n) is 8.95. The van der Waals surface area contributed by atoms with E-state index in [2.05, 4.69) is 4.90 Å². The summed E-state index contributed by atoms with van der Waals surface area (Å²) in [6, 6.07) is 18.4. The molecule has 0 saturated carbocycles. The van der Waals surface area contributed by atoms with Gasteiger partial charge in [0.25, 0.3) is 0 Å². The van der Waals surface area contributed by atoms with Crippen LogP contribution in [0.15, 0.2) is 66.7 Å². The Labute approximate surface area is 266 Å². The van der Waals surface area contributed by atoms with Crippen molar-refractivity contribution in [3.05, 3.63) is 77.9 Å². The first-order chi connectivity index (χ1) is 17.1. The third kappa shape index (κ3) is 7.40. The molecular formula is C29H27NNa2O4S. The Kier molecular flexibility index (Phi) is 11.6. The molecule has 1 aliphatic rings. The van der Waals surface area contributed by atoms with Gasteiger partial charge in [-0.3, -0.25) is 4.79 Å². The van der Waals surface area contributed by atoms with Gasteiger partial charge in [0.15, 0.2) is 5.78 Å². The molecule has 0 unspecified atom stereocenters. The maximum atomic E-state index is 13.6. The molecule has 1 saturated heterocycles. The van der Waals surface area contributed by atoms with Gasteiger partial charge >= 0.3 is 59.1 Å². The average molecular weight is 532 g/mol. The Morgan fingerprint density at radius 3 is 2.24 bits per heavy atom. The average Bonchev–Trinajstić information content (AvgIpc) is 3.26. The predicted octanol–water partition coefficient (Wildman–Crippen LogP) is -0.791. The molecule has 1 fully saturated rings. The summed E-state index contributed by atoms with van der Waals surface area (Å²) in [5.74, 6) is 0.447. The standard InChI is InChI=1S/C29H29NO4S.2Na/c31-22-9-5-21(6-10-22)29-27(25-14-11-23(32)19-26(25)35-29)28(33)20-7-12-24(13-8-20)34-18-4-17-30-15-2-1-3-16-30;;/h5-14,19,31-32H,1-4,15-18H2;;/q;2*+1/p-2. The number of ketones is 1. The summed E-state index contributed by atoms with van der Waals surface area (Å²) in [6.07, 6.45) is 4.90. The third-order valence-corrected chi connectivity index (χ3v) is 7.66. The summed E-state index contributed by atoms with van der Waals surface area (Å²) in [5, 5.41) is 24.3. The quantitative estimate of drug-likeness (QED) is 0.169. The minimum absolute atomic E-state index is 0. The van der Waals surface area contributed by atoms with Crippen LogP contribution in [0.3, 0.4) is 0 Å². The van der Waals surface area contributed by atoms with Gasteiger partial charge in [-0.05, 0) is 62.2 Å². The van der Waals surface area contributed by atoms with Gasteiger partial charge in [-0.2, -0.15) is 0 Å². The van der Waals surface area contributed by atoms with Crippen molar-refractivity contribution in [1.82, 2.24) is 4.90 Å². The molecule has 0 atom stereocenters. The summed E-state index contributed by atoms with van der Waals surface area (Å²) >= 11 is 1.40. The number of piperidine rings is 1. The molecule has 1 aliphatic heterocycles. The first-order valence-electron chi connectivity index (χ1n) is 12.1. The van der Waals surface area contributed by atoms with Crippen molar-refractivity contribution in [2.45, 2.75) is 25.7 Å². The van der Waals surface area contributed by atoms with Crippen molar-refractivity contribution in [2.75, 3.05) is 26.2 Å². The molecule has 4 aromatic rings. The molecule has 3 aromatic carbocycles. The summed E-state index contributed by atoms with van der Waals surface area (Å²) in [4.78, 5) is 16.9. The zero-order chi connectivity index (χ0) is 24.2. The molecular weight excluding hydrogens is 504 g/mol. The summed E-state index contributed by atoms with van der Waals surface area (Å²) in [5.41, 5.74) is 1.90. The van der Waals surface area contributed by atoms with Crippen LogP contribution in [-0.2, 0) is 0 Å². The van der Waals surface area contributed by atoms with E-state index in [1.807, 2.05) is 12.1 Å². The third-order valence-electron chi connectivity index (χ3n) is 6.46. The van der Waals surface area contributed by atoms with Gasteiger partial charge in [0.1, 0.15) is 5.75 Å². The van der Waals surface area contributed by atoms with Crippen LogP contribution in [0.4, 0.5) is 0 Å². The monoisotopic (exact) mass is 531 g/mol. The number of hydrogen-bond donors (Lipinski definition) is 0. The van der Waals surface area contributed by atoms with Crippen molar-refractivity contribution in [3.63, 3.8) is 0 Å². The Morgan fingerprint density at radius 2 is 1.54 bits per heavy atom. The van der Waals surface area contributed by atoms with E-state index in [4.69, 9.17) is 4.74 Å². The van der Waals surface area contributed by atoms with Crippen LogP contribution in [0, 0.1) is 0 Å². The normalized spacial score (nSPS) is 13.5. The van der Waals surface area contributed by atoms with Gasteiger partial charge in [-0.1, -0.05) is 48.9 Å². The Hall–Kier alpha value is -1.35. The van der Waals surface area contributed by atoms with Crippen LogP contribution in [0.2, 0.25) is 0 Å². The first-order valence-corrected chi connectivity index (χ1v) is 12.9. The molecule has 37 heavy (non-hydrogen) atoms. The molecule has 0 aliphatic carbocycles. The number of carbonyl (C=O) groups is 1. The van der Waals surface area contributed by atoms with Crippen molar-refractivity contribution < 1.29 is 78.9 Å². The number of thiophene rings is 1. The number of likely N-dealkylation sites (tertiary alicyclic amines) is 1. The Morgan fingerprint density at radius 1 is 0.865 bits per heavy atom. The maximum Gasteiger partial charge on any atom is 1.00 e. The van der Waals surface area contributed by atoms with Crippen LogP contribution in [0.5, 0.6) is 17.2 Å². The van der Waals surface area contributed by atoms with Crippen molar-refractivity contribution in [2.24, 2.45) is 0 Å². The van der Waals surface area contributed by atoms with E-state index in [1.165, 1.54) is 61.9 Å². The number of ether oxygens (including phenoxy) is 1. The molecule has 8 heteroatoms. The van der Waals surface area contributed by atoms with Gasteiger partial charge in [-0.25, -0.2) is 0 Å². The number of fused-ring (bicyclic) bond motifs is 1. The van der Waals surface area contributed by atoms with Crippen molar-refractivity contribution in [3.8, 4) is 27.7 Å². The summed E-state index contributed by atoms with van der Waals surface area (Å²) in [7, 11) is 0. The number of benzene rings is 3. The summed E-state index contributed by atoms with van der Waals surface area (Å²) in [6.45, 7) is 4.08. The van der Waals surface area contributed by atoms with Crippen LogP contribution in [0.1, 0.15) is 41.6 Å². The molecule has 2 heterocycles. The Balaban J connectivity index is 0.00000190. The first kappa shape index (κ1) is 30.2. The molecule has 1 aromatic heterocycles. The van der Waals surface area contributed by atoms with E-state index in [1.54, 1.807) is 36.4 Å². The minimum atomic E-state index is -0.118. The van der Waals surface area contributed by atoms with E-state index >= 15 is 0 Å². The fourth-order valence-electron chi connectivity index (χ4n) is 4.62. The molecule has 5 nitrogen and oxygen atoms in total. The number of rotatable bonds is 8. The number of nitrogens with zero attached hydrogens (tertiary/aromatic N) is 1. The smallest absolute Gasteiger partial charge is 0.872 e. The van der Waals surface area contributed by atoms with Gasteiger partial charge in [0, 0.05) is 32.6 Å². The largest absolute Gasteiger partial charge is 1.00 e. The molecule has 0 bridgehead atoms. The van der Waals surface area contributed by atoms with Crippen molar-refractivity contribution >= 4 is 27.2 Å². The molecule has 0 radical (unpaired) electrons. The second kappa shape index (κ2) is 14.2. The van der Waals surface area contributed by atoms with Crippen LogP contribution in [0.25, 0.3) is 20.5 Å². The van der Waals surface area contributed by atoms with Gasteiger partial charge in [0.05, 0.1) is 6.61 Å². The van der Waals surface area contributed by atoms with Gasteiger partial charge < -0.3 is 19.8 Å². The zero-order valence-electron chi connectivity index (χ0n) is 21.5. The van der Waals surface area contributed by atoms with E-state index in [0.29, 0.717) is 17.7 Å². The van der Waals surface area contributed by atoms with E-state index < -0.39 is 0 Å². The van der Waals surface area contributed by atoms with E-state index in [-0.39, 0.29) is 76.4 Å². The fraction of sp³-hybridized carbons (Fsp3) is 0.276. The fourth-order valence-corrected chi connectivity index (χ4v) is 5.85. The second-order valence-corrected chi connectivity index (χ2v) is 10.00. The number of hydrogen-bond acceptors (Lipinski definition) is 6. The Bertz CT molecular complexity index is 1320. The SMILES string of the molecule is O=C(c1ccc(OCCCN2CCCCC2)cc1)c1c(-c2ccc([O-])cc2)sc2cc([O-])ccc12.[Na+].[Na+]. The van der Waals surface area contributed by atoms with Crippen LogP contribution in [-0.4, -0.2) is 36.9 Å². The minimum Gasteiger partial charge on any atom is -0.872 e. The maximum absolute atomic E-state index is 13.6. The molecule has 0 amide bonds. The molecule has 5 rings (SSSR count). The molecule has 0 N–H and O–H groups in total. The van der Waals surface area contributed by atoms with Crippen LogP contribution >= 0.6 is 11.3 Å². The number of carbonyl (C=O) groups excluding carboxylic acids is 1. The molecule has 0 spiro atoms. The van der Waals surface area contributed by atoms with Crippen molar-refractivity contribution in [1.29, 1.82) is 0 Å². The zero-order valence-corrected chi connectivity index (χ0v) is 26.3. The van der Waals surface area contributed by atoms with Crippen LogP contribution < -0.4 is 74.1 Å². The van der Waals surface area contributed by atoms with E-state index in [9.17, 15) is 15.0 Å². The topological polar surface area (TPSA) is 75.7 Å².